The Hall–Kier alpha value is -0.580. The summed E-state index contributed by atoms with van der Waals surface area (Å²) in [6.07, 6.45) is 0.803. The van der Waals surface area contributed by atoms with Crippen LogP contribution in [0.3, 0.4) is 0 Å². The van der Waals surface area contributed by atoms with Crippen LogP contribution in [-0.4, -0.2) is 23.4 Å². The molecular formula is C12H18BrNO2. The van der Waals surface area contributed by atoms with Gasteiger partial charge in [-0.15, -0.1) is 0 Å². The van der Waals surface area contributed by atoms with Gasteiger partial charge in [0.1, 0.15) is 5.75 Å². The third-order valence-corrected chi connectivity index (χ3v) is 3.14. The minimum absolute atomic E-state index is 0.227. The van der Waals surface area contributed by atoms with E-state index in [2.05, 4.69) is 28.2 Å². The van der Waals surface area contributed by atoms with Crippen molar-refractivity contribution in [3.05, 3.63) is 28.2 Å². The number of hydrogen-bond acceptors (Lipinski definition) is 3. The highest BCUT2D eigenvalue weighted by molar-refractivity contribution is 9.10. The fourth-order valence-corrected chi connectivity index (χ4v) is 1.89. The second kappa shape index (κ2) is 6.89. The molecule has 90 valence electrons. The first-order valence-corrected chi connectivity index (χ1v) is 6.22. The second-order valence-corrected chi connectivity index (χ2v) is 4.85. The van der Waals surface area contributed by atoms with Gasteiger partial charge in [-0.25, -0.2) is 0 Å². The maximum Gasteiger partial charge on any atom is 0.134 e. The third kappa shape index (κ3) is 4.12. The molecule has 0 radical (unpaired) electrons. The van der Waals surface area contributed by atoms with Gasteiger partial charge in [0, 0.05) is 18.7 Å². The summed E-state index contributed by atoms with van der Waals surface area (Å²) in [5, 5.41) is 21.8. The van der Waals surface area contributed by atoms with E-state index in [1.807, 2.05) is 18.2 Å². The average molecular weight is 288 g/mol. The Morgan fingerprint density at radius 1 is 1.44 bits per heavy atom. The molecule has 16 heavy (non-hydrogen) atoms. The first-order chi connectivity index (χ1) is 7.65. The molecule has 1 atom stereocenters. The summed E-state index contributed by atoms with van der Waals surface area (Å²) >= 11 is 3.28. The summed E-state index contributed by atoms with van der Waals surface area (Å²) in [7, 11) is 0. The molecule has 4 heteroatoms. The van der Waals surface area contributed by atoms with Gasteiger partial charge in [-0.3, -0.25) is 0 Å². The van der Waals surface area contributed by atoms with Crippen molar-refractivity contribution in [2.45, 2.75) is 19.9 Å². The van der Waals surface area contributed by atoms with Crippen molar-refractivity contribution >= 4 is 15.9 Å². The Morgan fingerprint density at radius 3 is 2.88 bits per heavy atom. The van der Waals surface area contributed by atoms with Crippen LogP contribution in [0.15, 0.2) is 22.7 Å². The zero-order valence-corrected chi connectivity index (χ0v) is 11.0. The lowest BCUT2D eigenvalue weighted by atomic mass is 10.1. The van der Waals surface area contributed by atoms with Crippen LogP contribution in [0.4, 0.5) is 0 Å². The van der Waals surface area contributed by atoms with Crippen LogP contribution in [0, 0.1) is 5.92 Å². The summed E-state index contributed by atoms with van der Waals surface area (Å²) in [5.74, 6) is 0.740. The molecular weight excluding hydrogens is 270 g/mol. The highest BCUT2D eigenvalue weighted by atomic mass is 79.9. The molecule has 0 amide bonds. The first-order valence-electron chi connectivity index (χ1n) is 5.43. The van der Waals surface area contributed by atoms with Crippen molar-refractivity contribution < 1.29 is 10.2 Å². The van der Waals surface area contributed by atoms with Crippen LogP contribution in [0.25, 0.3) is 0 Å². The molecule has 1 aromatic rings. The number of halogens is 1. The number of phenols is 1. The second-order valence-electron chi connectivity index (χ2n) is 4.00. The third-order valence-electron chi connectivity index (χ3n) is 2.50. The van der Waals surface area contributed by atoms with Crippen LogP contribution in [0.1, 0.15) is 18.9 Å². The minimum Gasteiger partial charge on any atom is -0.506 e. The van der Waals surface area contributed by atoms with E-state index in [0.29, 0.717) is 18.2 Å². The topological polar surface area (TPSA) is 52.5 Å². The van der Waals surface area contributed by atoms with E-state index in [1.54, 1.807) is 0 Å². The molecule has 0 heterocycles. The molecule has 0 saturated carbocycles. The first kappa shape index (κ1) is 13.5. The van der Waals surface area contributed by atoms with Gasteiger partial charge in [-0.05, 0) is 40.9 Å². The van der Waals surface area contributed by atoms with E-state index < -0.39 is 0 Å². The van der Waals surface area contributed by atoms with Gasteiger partial charge in [0.2, 0.25) is 0 Å². The number of benzene rings is 1. The maximum absolute atomic E-state index is 9.74. The lowest BCUT2D eigenvalue weighted by Crippen LogP contribution is -2.21. The Balaban J connectivity index is 2.40. The van der Waals surface area contributed by atoms with Crippen LogP contribution >= 0.6 is 15.9 Å². The number of aliphatic hydroxyl groups is 1. The fourth-order valence-electron chi connectivity index (χ4n) is 1.48. The molecule has 1 rings (SSSR count). The molecule has 3 nitrogen and oxygen atoms in total. The number of para-hydroxylation sites is 1. The lowest BCUT2D eigenvalue weighted by Gasteiger charge is -2.12. The van der Waals surface area contributed by atoms with Gasteiger partial charge in [-0.2, -0.15) is 0 Å². The lowest BCUT2D eigenvalue weighted by molar-refractivity contribution is 0.260. The molecule has 0 bridgehead atoms. The summed E-state index contributed by atoms with van der Waals surface area (Å²) in [5.41, 5.74) is 0.880. The van der Waals surface area contributed by atoms with Crippen LogP contribution in [-0.2, 0) is 6.54 Å². The fraction of sp³-hybridized carbons (Fsp3) is 0.500. The minimum atomic E-state index is 0.227. The number of aliphatic hydroxyl groups excluding tert-OH is 1. The van der Waals surface area contributed by atoms with Crippen molar-refractivity contribution in [1.82, 2.24) is 5.32 Å². The van der Waals surface area contributed by atoms with Crippen LogP contribution in [0.2, 0.25) is 0 Å². The standard InChI is InChI=1S/C12H18BrNO2/c1-9(5-6-15)7-14-8-10-3-2-4-11(13)12(10)16/h2-4,9,14-16H,5-8H2,1H3. The highest BCUT2D eigenvalue weighted by Gasteiger charge is 2.05. The van der Waals surface area contributed by atoms with Crippen molar-refractivity contribution in [3.63, 3.8) is 0 Å². The normalized spacial score (nSPS) is 12.7. The largest absolute Gasteiger partial charge is 0.506 e. The zero-order valence-electron chi connectivity index (χ0n) is 9.41. The number of hydrogen-bond donors (Lipinski definition) is 3. The van der Waals surface area contributed by atoms with Crippen molar-refractivity contribution in [3.8, 4) is 5.75 Å². The van der Waals surface area contributed by atoms with Crippen LogP contribution < -0.4 is 5.32 Å². The van der Waals surface area contributed by atoms with Gasteiger partial charge >= 0.3 is 0 Å². The molecule has 0 saturated heterocycles. The predicted octanol–water partition coefficient (Wildman–Crippen LogP) is 2.26. The maximum atomic E-state index is 9.74. The van der Waals surface area contributed by atoms with Crippen molar-refractivity contribution in [2.75, 3.05) is 13.2 Å². The van der Waals surface area contributed by atoms with Gasteiger partial charge < -0.3 is 15.5 Å². The molecule has 0 aliphatic rings. The van der Waals surface area contributed by atoms with E-state index >= 15 is 0 Å². The van der Waals surface area contributed by atoms with E-state index in [1.165, 1.54) is 0 Å². The summed E-state index contributed by atoms with van der Waals surface area (Å²) in [4.78, 5) is 0. The van der Waals surface area contributed by atoms with Crippen molar-refractivity contribution in [2.24, 2.45) is 5.92 Å². The number of rotatable bonds is 6. The van der Waals surface area contributed by atoms with Gasteiger partial charge in [0.15, 0.2) is 0 Å². The molecule has 1 aromatic carbocycles. The van der Waals surface area contributed by atoms with E-state index in [4.69, 9.17) is 5.11 Å². The van der Waals surface area contributed by atoms with E-state index in [0.717, 1.165) is 23.0 Å². The Bertz CT molecular complexity index is 331. The average Bonchev–Trinajstić information content (AvgIpc) is 2.25. The quantitative estimate of drug-likeness (QED) is 0.752. The van der Waals surface area contributed by atoms with Gasteiger partial charge in [0.05, 0.1) is 4.47 Å². The van der Waals surface area contributed by atoms with E-state index in [9.17, 15) is 5.11 Å². The number of aromatic hydroxyl groups is 1. The Labute approximate surface area is 105 Å². The number of nitrogens with one attached hydrogen (secondary N) is 1. The SMILES string of the molecule is CC(CCO)CNCc1cccc(Br)c1O. The zero-order chi connectivity index (χ0) is 12.0. The molecule has 0 spiro atoms. The molecule has 0 fully saturated rings. The summed E-state index contributed by atoms with van der Waals surface area (Å²) in [6.45, 7) is 3.79. The van der Waals surface area contributed by atoms with Crippen LogP contribution in [0.5, 0.6) is 5.75 Å². The number of phenolic OH excluding ortho intramolecular Hbond substituents is 1. The van der Waals surface area contributed by atoms with Gasteiger partial charge in [0.25, 0.3) is 0 Å². The monoisotopic (exact) mass is 287 g/mol. The Morgan fingerprint density at radius 2 is 2.19 bits per heavy atom. The molecule has 1 unspecified atom stereocenters. The van der Waals surface area contributed by atoms with E-state index in [-0.39, 0.29) is 6.61 Å². The summed E-state index contributed by atoms with van der Waals surface area (Å²) in [6, 6.07) is 5.61. The molecule has 0 aliphatic heterocycles. The van der Waals surface area contributed by atoms with Crippen molar-refractivity contribution in [1.29, 1.82) is 0 Å². The molecule has 0 aromatic heterocycles. The molecule has 0 aliphatic carbocycles. The molecule has 3 N–H and O–H groups in total. The Kier molecular flexibility index (Phi) is 5.80. The smallest absolute Gasteiger partial charge is 0.134 e. The summed E-state index contributed by atoms with van der Waals surface area (Å²) < 4.78 is 0.718. The van der Waals surface area contributed by atoms with Gasteiger partial charge in [-0.1, -0.05) is 19.1 Å². The highest BCUT2D eigenvalue weighted by Crippen LogP contribution is 2.27. The predicted molar refractivity (Wildman–Crippen MR) is 68.4 cm³/mol.